The molecule has 0 aromatic rings. The van der Waals surface area contributed by atoms with Gasteiger partial charge in [0.05, 0.1) is 5.71 Å². The Balaban J connectivity index is 4.12. The molecule has 2 heteroatoms. The highest BCUT2D eigenvalue weighted by Gasteiger charge is 1.97. The largest absolute Gasteiger partial charge is 0.163 e. The van der Waals surface area contributed by atoms with E-state index in [9.17, 15) is 0 Å². The van der Waals surface area contributed by atoms with Crippen molar-refractivity contribution in [2.45, 2.75) is 27.2 Å². The molecule has 0 aliphatic carbocycles. The Morgan fingerprint density at radius 1 is 1.55 bits per heavy atom. The highest BCUT2D eigenvalue weighted by molar-refractivity contribution is 5.95. The van der Waals surface area contributed by atoms with E-state index in [2.05, 4.69) is 30.6 Å². The minimum Gasteiger partial charge on any atom is -0.163 e. The topological polar surface area (TPSA) is 24.7 Å². The van der Waals surface area contributed by atoms with Crippen molar-refractivity contribution in [1.29, 1.82) is 0 Å². The van der Waals surface area contributed by atoms with Gasteiger partial charge in [-0.2, -0.15) is 10.2 Å². The fourth-order valence-corrected chi connectivity index (χ4v) is 0.581. The molecule has 0 heterocycles. The van der Waals surface area contributed by atoms with E-state index in [0.29, 0.717) is 5.92 Å². The predicted octanol–water partition coefficient (Wildman–Crippen LogP) is 2.67. The normalized spacial score (nSPS) is 12.9. The molecule has 0 aliphatic rings. The van der Waals surface area contributed by atoms with Crippen molar-refractivity contribution < 1.29 is 0 Å². The molecule has 0 spiro atoms. The van der Waals surface area contributed by atoms with Crippen molar-refractivity contribution >= 4 is 11.9 Å². The Morgan fingerprint density at radius 2 is 2.18 bits per heavy atom. The molecule has 0 N–H and O–H groups in total. The minimum atomic E-state index is 0.404. The molecule has 0 atom stereocenters. The Labute approximate surface area is 68.7 Å². The highest BCUT2D eigenvalue weighted by atomic mass is 15.2. The SMILES string of the molecule is C=C/C(=N\N=C/CC)C(C)C. The summed E-state index contributed by atoms with van der Waals surface area (Å²) in [6.45, 7) is 9.83. The fourth-order valence-electron chi connectivity index (χ4n) is 0.581. The first-order chi connectivity index (χ1) is 5.22. The van der Waals surface area contributed by atoms with E-state index in [-0.39, 0.29) is 0 Å². The van der Waals surface area contributed by atoms with Crippen LogP contribution in [-0.4, -0.2) is 11.9 Å². The average Bonchev–Trinajstić information content (AvgIpc) is 1.97. The second kappa shape index (κ2) is 5.83. The van der Waals surface area contributed by atoms with Crippen molar-refractivity contribution in [3.8, 4) is 0 Å². The first-order valence-electron chi connectivity index (χ1n) is 3.94. The van der Waals surface area contributed by atoms with Crippen molar-refractivity contribution in [2.75, 3.05) is 0 Å². The number of allylic oxidation sites excluding steroid dienone is 1. The molecule has 0 aromatic heterocycles. The maximum absolute atomic E-state index is 4.00. The molecule has 0 aromatic carbocycles. The predicted molar refractivity (Wildman–Crippen MR) is 51.3 cm³/mol. The van der Waals surface area contributed by atoms with E-state index in [1.54, 1.807) is 12.3 Å². The van der Waals surface area contributed by atoms with Crippen LogP contribution in [0.4, 0.5) is 0 Å². The van der Waals surface area contributed by atoms with Gasteiger partial charge in [-0.25, -0.2) is 0 Å². The van der Waals surface area contributed by atoms with Crippen LogP contribution < -0.4 is 0 Å². The lowest BCUT2D eigenvalue weighted by atomic mass is 10.1. The standard InChI is InChI=1S/C9H16N2/c1-5-7-10-11-9(6-2)8(3)4/h6-8H,2,5H2,1,3-4H3/b10-7-,11-9+. The molecule has 0 amide bonds. The van der Waals surface area contributed by atoms with Crippen LogP contribution in [0.15, 0.2) is 22.9 Å². The third-order valence-electron chi connectivity index (χ3n) is 1.24. The van der Waals surface area contributed by atoms with Gasteiger partial charge < -0.3 is 0 Å². The fraction of sp³-hybridized carbons (Fsp3) is 0.556. The van der Waals surface area contributed by atoms with Crippen LogP contribution in [-0.2, 0) is 0 Å². The lowest BCUT2D eigenvalue weighted by Crippen LogP contribution is -2.02. The van der Waals surface area contributed by atoms with Crippen LogP contribution in [0, 0.1) is 5.92 Å². The third-order valence-corrected chi connectivity index (χ3v) is 1.24. The molecule has 0 saturated heterocycles. The Hall–Kier alpha value is -0.920. The zero-order valence-electron chi connectivity index (χ0n) is 7.54. The number of nitrogens with zero attached hydrogens (tertiary/aromatic N) is 2. The minimum absolute atomic E-state index is 0.404. The van der Waals surface area contributed by atoms with Crippen LogP contribution in [0.2, 0.25) is 0 Å². The summed E-state index contributed by atoms with van der Waals surface area (Å²) in [7, 11) is 0. The van der Waals surface area contributed by atoms with E-state index in [1.165, 1.54) is 0 Å². The molecule has 0 radical (unpaired) electrons. The monoisotopic (exact) mass is 152 g/mol. The zero-order valence-corrected chi connectivity index (χ0v) is 7.54. The highest BCUT2D eigenvalue weighted by Crippen LogP contribution is 1.98. The van der Waals surface area contributed by atoms with Crippen LogP contribution >= 0.6 is 0 Å². The second-order valence-electron chi connectivity index (χ2n) is 2.59. The Bertz CT molecular complexity index is 166. The number of hydrogen-bond donors (Lipinski definition) is 0. The van der Waals surface area contributed by atoms with Gasteiger partial charge in [0.2, 0.25) is 0 Å². The van der Waals surface area contributed by atoms with Gasteiger partial charge in [-0.15, -0.1) is 0 Å². The lowest BCUT2D eigenvalue weighted by molar-refractivity contribution is 0.881. The first-order valence-corrected chi connectivity index (χ1v) is 3.94. The van der Waals surface area contributed by atoms with Crippen LogP contribution in [0.25, 0.3) is 0 Å². The van der Waals surface area contributed by atoms with E-state index in [4.69, 9.17) is 0 Å². The maximum atomic E-state index is 4.00. The number of rotatable bonds is 4. The molecular formula is C9H16N2. The molecule has 0 aliphatic heterocycles. The van der Waals surface area contributed by atoms with Crippen LogP contribution in [0.5, 0.6) is 0 Å². The van der Waals surface area contributed by atoms with E-state index >= 15 is 0 Å². The van der Waals surface area contributed by atoms with Gasteiger partial charge in [-0.3, -0.25) is 0 Å². The van der Waals surface area contributed by atoms with Gasteiger partial charge in [0.25, 0.3) is 0 Å². The molecule has 0 unspecified atom stereocenters. The van der Waals surface area contributed by atoms with E-state index in [1.807, 2.05) is 6.92 Å². The lowest BCUT2D eigenvalue weighted by Gasteiger charge is -2.00. The van der Waals surface area contributed by atoms with Crippen LogP contribution in [0.3, 0.4) is 0 Å². The molecule has 62 valence electrons. The summed E-state index contributed by atoms with van der Waals surface area (Å²) in [6, 6.07) is 0. The van der Waals surface area contributed by atoms with Crippen molar-refractivity contribution in [1.82, 2.24) is 0 Å². The van der Waals surface area contributed by atoms with Gasteiger partial charge >= 0.3 is 0 Å². The molecular weight excluding hydrogens is 136 g/mol. The van der Waals surface area contributed by atoms with Gasteiger partial charge in [0.15, 0.2) is 0 Å². The quantitative estimate of drug-likeness (QED) is 0.437. The maximum Gasteiger partial charge on any atom is 0.0649 e. The van der Waals surface area contributed by atoms with Crippen molar-refractivity contribution in [2.24, 2.45) is 16.1 Å². The Kier molecular flexibility index (Phi) is 5.35. The third kappa shape index (κ3) is 4.48. The molecule has 0 bridgehead atoms. The summed E-state index contributed by atoms with van der Waals surface area (Å²) in [5.41, 5.74) is 0.940. The average molecular weight is 152 g/mol. The summed E-state index contributed by atoms with van der Waals surface area (Å²) in [5.74, 6) is 0.404. The summed E-state index contributed by atoms with van der Waals surface area (Å²) in [5, 5.41) is 7.87. The molecule has 11 heavy (non-hydrogen) atoms. The van der Waals surface area contributed by atoms with E-state index < -0.39 is 0 Å². The first kappa shape index (κ1) is 10.1. The van der Waals surface area contributed by atoms with Gasteiger partial charge in [-0.05, 0) is 18.4 Å². The summed E-state index contributed by atoms with van der Waals surface area (Å²) in [6.07, 6.45) is 4.45. The Morgan fingerprint density at radius 3 is 2.55 bits per heavy atom. The molecule has 0 fully saturated rings. The molecule has 0 rings (SSSR count). The van der Waals surface area contributed by atoms with E-state index in [0.717, 1.165) is 12.1 Å². The summed E-state index contributed by atoms with van der Waals surface area (Å²) >= 11 is 0. The smallest absolute Gasteiger partial charge is 0.0649 e. The summed E-state index contributed by atoms with van der Waals surface area (Å²) < 4.78 is 0. The van der Waals surface area contributed by atoms with Crippen LogP contribution in [0.1, 0.15) is 27.2 Å². The molecule has 0 saturated carbocycles. The zero-order chi connectivity index (χ0) is 8.69. The second-order valence-corrected chi connectivity index (χ2v) is 2.59. The van der Waals surface area contributed by atoms with Gasteiger partial charge in [-0.1, -0.05) is 27.4 Å². The summed E-state index contributed by atoms with van der Waals surface area (Å²) in [4.78, 5) is 0. The number of hydrogen-bond acceptors (Lipinski definition) is 2. The van der Waals surface area contributed by atoms with Crippen molar-refractivity contribution in [3.63, 3.8) is 0 Å². The molecule has 2 nitrogen and oxygen atoms in total. The van der Waals surface area contributed by atoms with Crippen molar-refractivity contribution in [3.05, 3.63) is 12.7 Å². The van der Waals surface area contributed by atoms with Gasteiger partial charge in [0.1, 0.15) is 0 Å². The van der Waals surface area contributed by atoms with Gasteiger partial charge in [0, 0.05) is 6.21 Å².